The molecule has 0 atom stereocenters. The summed E-state index contributed by atoms with van der Waals surface area (Å²) < 4.78 is 19.5. The Morgan fingerprint density at radius 2 is 1.97 bits per heavy atom. The number of carbonyl (C=O) groups excluding carboxylic acids is 1. The van der Waals surface area contributed by atoms with Gasteiger partial charge in [-0.3, -0.25) is 9.79 Å². The molecule has 0 aliphatic carbocycles. The highest BCUT2D eigenvalue weighted by Gasteiger charge is 2.19. The summed E-state index contributed by atoms with van der Waals surface area (Å²) in [4.78, 5) is 17.3. The lowest BCUT2D eigenvalue weighted by atomic mass is 9.86. The van der Waals surface area contributed by atoms with Gasteiger partial charge in [0.05, 0.1) is 35.9 Å². The van der Waals surface area contributed by atoms with E-state index in [2.05, 4.69) is 23.0 Å². The zero-order valence-corrected chi connectivity index (χ0v) is 19.7. The van der Waals surface area contributed by atoms with Crippen LogP contribution in [0.25, 0.3) is 5.70 Å². The predicted molar refractivity (Wildman–Crippen MR) is 132 cm³/mol. The van der Waals surface area contributed by atoms with Crippen LogP contribution in [-0.2, 0) is 28.0 Å². The molecule has 7 nitrogen and oxygen atoms in total. The summed E-state index contributed by atoms with van der Waals surface area (Å²) in [5, 5.41) is 11.9. The Bertz CT molecular complexity index is 1140. The molecule has 2 rings (SSSR count). The third-order valence-electron chi connectivity index (χ3n) is 5.27. The van der Waals surface area contributed by atoms with Gasteiger partial charge in [0.2, 0.25) is 0 Å². The molecule has 0 aliphatic rings. The van der Waals surface area contributed by atoms with Gasteiger partial charge in [-0.15, -0.1) is 0 Å². The molecule has 0 bridgehead atoms. The monoisotopic (exact) mass is 463 g/mol. The number of nitriles is 1. The van der Waals surface area contributed by atoms with Gasteiger partial charge in [-0.2, -0.15) is 5.26 Å². The number of rotatable bonds is 10. The van der Waals surface area contributed by atoms with E-state index in [1.807, 2.05) is 38.1 Å². The normalized spacial score (nSPS) is 12.2. The molecule has 34 heavy (non-hydrogen) atoms. The Labute approximate surface area is 199 Å². The first-order chi connectivity index (χ1) is 16.1. The fourth-order valence-electron chi connectivity index (χ4n) is 3.09. The SMILES string of the molecule is C=C(N)c1ccc(CNC(=O)/C(=C/N)C(COC)=NCc2ccc(C(C)(C)C#N)cc2)c(F)c1. The molecular formula is C26H30FN5O2. The molecule has 2 aromatic carbocycles. The van der Waals surface area contributed by atoms with Gasteiger partial charge in [0.1, 0.15) is 5.82 Å². The molecule has 0 fully saturated rings. The van der Waals surface area contributed by atoms with Crippen molar-refractivity contribution >= 4 is 17.3 Å². The van der Waals surface area contributed by atoms with Crippen molar-refractivity contribution in [3.63, 3.8) is 0 Å². The Balaban J connectivity index is 2.13. The van der Waals surface area contributed by atoms with Crippen LogP contribution in [0.5, 0.6) is 0 Å². The van der Waals surface area contributed by atoms with Crippen molar-refractivity contribution in [1.82, 2.24) is 5.32 Å². The van der Waals surface area contributed by atoms with Gasteiger partial charge in [-0.25, -0.2) is 4.39 Å². The summed E-state index contributed by atoms with van der Waals surface area (Å²) >= 11 is 0. The fourth-order valence-corrected chi connectivity index (χ4v) is 3.09. The van der Waals surface area contributed by atoms with Gasteiger partial charge >= 0.3 is 0 Å². The summed E-state index contributed by atoms with van der Waals surface area (Å²) in [5.41, 5.74) is 14.0. The van der Waals surface area contributed by atoms with Crippen LogP contribution >= 0.6 is 0 Å². The van der Waals surface area contributed by atoms with Gasteiger partial charge in [0.15, 0.2) is 0 Å². The van der Waals surface area contributed by atoms with E-state index >= 15 is 0 Å². The third kappa shape index (κ3) is 6.77. The quantitative estimate of drug-likeness (QED) is 0.368. The van der Waals surface area contributed by atoms with Gasteiger partial charge < -0.3 is 21.5 Å². The highest BCUT2D eigenvalue weighted by Crippen LogP contribution is 2.22. The fraction of sp³-hybridized carbons (Fsp3) is 0.269. The van der Waals surface area contributed by atoms with Gasteiger partial charge in [-0.1, -0.05) is 43.0 Å². The highest BCUT2D eigenvalue weighted by atomic mass is 19.1. The third-order valence-corrected chi connectivity index (χ3v) is 5.27. The second kappa shape index (κ2) is 11.8. The van der Waals surface area contributed by atoms with Crippen LogP contribution in [0.3, 0.4) is 0 Å². The minimum atomic E-state index is -0.589. The molecule has 8 heteroatoms. The van der Waals surface area contributed by atoms with Crippen molar-refractivity contribution in [1.29, 1.82) is 5.26 Å². The summed E-state index contributed by atoms with van der Waals surface area (Å²) in [7, 11) is 1.49. The maximum Gasteiger partial charge on any atom is 0.254 e. The first-order valence-electron chi connectivity index (χ1n) is 10.6. The molecule has 0 spiro atoms. The van der Waals surface area contributed by atoms with Crippen molar-refractivity contribution in [2.24, 2.45) is 16.5 Å². The lowest BCUT2D eigenvalue weighted by molar-refractivity contribution is -0.117. The van der Waals surface area contributed by atoms with E-state index in [1.165, 1.54) is 19.2 Å². The van der Waals surface area contributed by atoms with Gasteiger partial charge in [-0.05, 0) is 36.6 Å². The molecule has 0 aromatic heterocycles. The second-order valence-corrected chi connectivity index (χ2v) is 8.22. The zero-order valence-electron chi connectivity index (χ0n) is 19.7. The van der Waals surface area contributed by atoms with E-state index < -0.39 is 17.1 Å². The Morgan fingerprint density at radius 3 is 2.50 bits per heavy atom. The van der Waals surface area contributed by atoms with Crippen LogP contribution in [0.2, 0.25) is 0 Å². The van der Waals surface area contributed by atoms with E-state index in [4.69, 9.17) is 16.2 Å². The Hall–Kier alpha value is -3.96. The number of amides is 1. The van der Waals surface area contributed by atoms with Gasteiger partial charge in [0, 0.05) is 31.1 Å². The number of ether oxygens (including phenoxy) is 1. The molecule has 1 amide bonds. The van der Waals surface area contributed by atoms with Crippen LogP contribution < -0.4 is 16.8 Å². The molecule has 0 saturated carbocycles. The average Bonchev–Trinajstić information content (AvgIpc) is 2.82. The topological polar surface area (TPSA) is 127 Å². The zero-order chi connectivity index (χ0) is 25.3. The summed E-state index contributed by atoms with van der Waals surface area (Å²) in [6.45, 7) is 7.59. The number of benzene rings is 2. The molecule has 5 N–H and O–H groups in total. The maximum absolute atomic E-state index is 14.3. The van der Waals surface area contributed by atoms with Gasteiger partial charge in [0.25, 0.3) is 5.91 Å². The molecule has 178 valence electrons. The molecule has 0 unspecified atom stereocenters. The minimum absolute atomic E-state index is 0.0459. The molecule has 0 heterocycles. The summed E-state index contributed by atoms with van der Waals surface area (Å²) in [5.74, 6) is -1.01. The van der Waals surface area contributed by atoms with Crippen molar-refractivity contribution < 1.29 is 13.9 Å². The van der Waals surface area contributed by atoms with E-state index in [1.54, 1.807) is 6.07 Å². The number of hydrogen-bond acceptors (Lipinski definition) is 6. The van der Waals surface area contributed by atoms with Crippen molar-refractivity contribution in [3.8, 4) is 6.07 Å². The molecule has 2 aromatic rings. The summed E-state index contributed by atoms with van der Waals surface area (Å²) in [6, 6.07) is 14.3. The second-order valence-electron chi connectivity index (χ2n) is 8.22. The van der Waals surface area contributed by atoms with Crippen LogP contribution in [0.1, 0.15) is 36.1 Å². The number of carbonyl (C=O) groups is 1. The first kappa shape index (κ1) is 26.3. The highest BCUT2D eigenvalue weighted by molar-refractivity contribution is 6.22. The van der Waals surface area contributed by atoms with E-state index in [9.17, 15) is 14.4 Å². The average molecular weight is 464 g/mol. The van der Waals surface area contributed by atoms with E-state index in [-0.39, 0.29) is 31.0 Å². The number of hydrogen-bond donors (Lipinski definition) is 3. The lowest BCUT2D eigenvalue weighted by Crippen LogP contribution is -2.30. The van der Waals surface area contributed by atoms with Crippen LogP contribution in [0, 0.1) is 17.1 Å². The predicted octanol–water partition coefficient (Wildman–Crippen LogP) is 3.30. The van der Waals surface area contributed by atoms with E-state index in [0.29, 0.717) is 16.8 Å². The molecule has 0 aliphatic heterocycles. The molecule has 0 radical (unpaired) electrons. The standard InChI is InChI=1S/C26H30FN5O2/c1-17(30)19-7-8-20(23(27)11-19)14-32-25(33)22(12-28)24(15-34-4)31-13-18-5-9-21(10-6-18)26(2,3)16-29/h5-12H,1,13-15,28,30H2,2-4H3,(H,32,33)/b22-12+,31-24?. The van der Waals surface area contributed by atoms with Crippen LogP contribution in [0.15, 0.2) is 65.8 Å². The summed E-state index contributed by atoms with van der Waals surface area (Å²) in [6.07, 6.45) is 1.16. The maximum atomic E-state index is 14.3. The van der Waals surface area contributed by atoms with Crippen molar-refractivity contribution in [2.45, 2.75) is 32.4 Å². The van der Waals surface area contributed by atoms with Crippen molar-refractivity contribution in [3.05, 3.63) is 88.9 Å². The largest absolute Gasteiger partial charge is 0.404 e. The Morgan fingerprint density at radius 1 is 1.29 bits per heavy atom. The van der Waals surface area contributed by atoms with E-state index in [0.717, 1.165) is 17.3 Å². The number of nitrogens with zero attached hydrogens (tertiary/aromatic N) is 2. The minimum Gasteiger partial charge on any atom is -0.404 e. The molecular weight excluding hydrogens is 433 g/mol. The number of methoxy groups -OCH3 is 1. The van der Waals surface area contributed by atoms with Crippen molar-refractivity contribution in [2.75, 3.05) is 13.7 Å². The Kier molecular flexibility index (Phi) is 9.10. The molecule has 0 saturated heterocycles. The number of nitrogens with one attached hydrogen (secondary N) is 1. The van der Waals surface area contributed by atoms with Crippen LogP contribution in [-0.4, -0.2) is 25.3 Å². The lowest BCUT2D eigenvalue weighted by Gasteiger charge is -2.16. The number of nitrogens with two attached hydrogens (primary N) is 2. The number of aliphatic imine (C=N–C) groups is 1. The van der Waals surface area contributed by atoms with Crippen LogP contribution in [0.4, 0.5) is 4.39 Å². The number of halogens is 1. The smallest absolute Gasteiger partial charge is 0.254 e. The first-order valence-corrected chi connectivity index (χ1v) is 10.6.